The minimum atomic E-state index is -0.930. The van der Waals surface area contributed by atoms with Crippen molar-refractivity contribution in [2.75, 3.05) is 56.6 Å². The first-order valence-corrected chi connectivity index (χ1v) is 18.0. The number of aliphatic hydroxyl groups excluding tert-OH is 1. The van der Waals surface area contributed by atoms with E-state index in [4.69, 9.17) is 20.2 Å². The number of hydrogen-bond acceptors (Lipinski definition) is 10. The predicted octanol–water partition coefficient (Wildman–Crippen LogP) is 5.29. The van der Waals surface area contributed by atoms with Crippen LogP contribution in [-0.2, 0) is 0 Å². The van der Waals surface area contributed by atoms with Crippen molar-refractivity contribution in [1.82, 2.24) is 20.2 Å². The number of benzene rings is 2. The molecule has 3 saturated heterocycles. The second-order valence-electron chi connectivity index (χ2n) is 13.3. The molecule has 0 spiro atoms. The monoisotopic (exact) mass is 919 g/mol. The summed E-state index contributed by atoms with van der Waals surface area (Å²) in [6.45, 7) is 5.44. The van der Waals surface area contributed by atoms with E-state index < -0.39 is 35.5 Å². The van der Waals surface area contributed by atoms with Crippen LogP contribution in [0.1, 0.15) is 32.6 Å². The molecule has 9 nitrogen and oxygen atoms in total. The number of nitrogens with two attached hydrogens (primary N) is 1. The Labute approximate surface area is 327 Å². The molecule has 5 atom stereocenters. The third-order valence-electron chi connectivity index (χ3n) is 10.3. The van der Waals surface area contributed by atoms with E-state index in [-0.39, 0.29) is 87.7 Å². The summed E-state index contributed by atoms with van der Waals surface area (Å²) in [5, 5.41) is 15.5. The van der Waals surface area contributed by atoms with Gasteiger partial charge < -0.3 is 30.5 Å². The van der Waals surface area contributed by atoms with Crippen LogP contribution >= 0.6 is 33.9 Å². The molecule has 2 aromatic carbocycles. The van der Waals surface area contributed by atoms with Gasteiger partial charge in [-0.05, 0) is 90.7 Å². The first-order chi connectivity index (χ1) is 22.6. The molecule has 254 valence electrons. The number of nitrogen functional groups attached to an aromatic ring is 1. The number of aliphatic hydroxyl groups is 1. The van der Waals surface area contributed by atoms with Crippen molar-refractivity contribution in [2.45, 2.75) is 56.5 Å². The van der Waals surface area contributed by atoms with Crippen molar-refractivity contribution in [1.29, 1.82) is 0 Å². The second-order valence-corrected chi connectivity index (χ2v) is 15.4. The van der Waals surface area contributed by atoms with Gasteiger partial charge in [0.15, 0.2) is 0 Å². The molecule has 4 N–H and O–H groups in total. The smallest absolute Gasteiger partial charge is 0.319 e. The van der Waals surface area contributed by atoms with Crippen LogP contribution in [-0.4, -0.2) is 89.8 Å². The molecular weight excluding hydrogens is 884 g/mol. The molecule has 4 aliphatic rings. The largest absolute Gasteiger partial charge is 0.489 e. The minimum Gasteiger partial charge on any atom is -0.489 e. The molecule has 3 fully saturated rings. The van der Waals surface area contributed by atoms with Crippen LogP contribution in [0.25, 0.3) is 32.1 Å². The fraction of sp³-hybridized carbons (Fsp3) is 0.515. The molecule has 4 aromatic rings. The summed E-state index contributed by atoms with van der Waals surface area (Å²) in [5.41, 5.74) is 6.16. The Kier molecular flexibility index (Phi) is 10.0. The molecular formula is C33H35CeF3IN6O3S-. The average Bonchev–Trinajstić information content (AvgIpc) is 3.81. The zero-order valence-corrected chi connectivity index (χ0v) is 32.4. The summed E-state index contributed by atoms with van der Waals surface area (Å²) in [6.07, 6.45) is 1.33. The molecule has 0 radical (unpaired) electrons. The minimum absolute atomic E-state index is 0. The van der Waals surface area contributed by atoms with E-state index in [1.54, 1.807) is 6.92 Å². The molecule has 0 saturated carbocycles. The number of rotatable bonds is 7. The van der Waals surface area contributed by atoms with E-state index in [9.17, 15) is 13.9 Å². The van der Waals surface area contributed by atoms with Crippen molar-refractivity contribution in [3.8, 4) is 22.9 Å². The van der Waals surface area contributed by atoms with E-state index in [0.29, 0.717) is 51.0 Å². The number of alkyl halides is 1. The summed E-state index contributed by atoms with van der Waals surface area (Å²) in [5.74, 6) is -0.0291. The zero-order chi connectivity index (χ0) is 32.6. The summed E-state index contributed by atoms with van der Waals surface area (Å²) in [6, 6.07) is 5.31. The third-order valence-corrected chi connectivity index (χ3v) is 12.2. The Bertz CT molecular complexity index is 1880. The number of anilines is 2. The summed E-state index contributed by atoms with van der Waals surface area (Å²) < 4.78 is 60.1. The topological polar surface area (TPSA) is 109 Å². The van der Waals surface area contributed by atoms with Gasteiger partial charge in [0, 0.05) is 66.3 Å². The van der Waals surface area contributed by atoms with Crippen molar-refractivity contribution < 1.29 is 69.5 Å². The van der Waals surface area contributed by atoms with Crippen molar-refractivity contribution in [2.24, 2.45) is 5.92 Å². The van der Waals surface area contributed by atoms with Gasteiger partial charge in [-0.2, -0.15) is 26.7 Å². The van der Waals surface area contributed by atoms with E-state index in [0.717, 1.165) is 50.2 Å². The molecule has 48 heavy (non-hydrogen) atoms. The molecule has 0 aliphatic carbocycles. The van der Waals surface area contributed by atoms with Gasteiger partial charge in [0.2, 0.25) is 0 Å². The Balaban J connectivity index is 0.00000364. The summed E-state index contributed by atoms with van der Waals surface area (Å²) >= 11 is 3.12. The molecule has 6 heterocycles. The quantitative estimate of drug-likeness (QED) is 0.169. The standard InChI is InChI=1S/C33H35F3IN6O3S.Ce/c1-16(44)22-14-45-29-25-28(26(36)24(27(29)37)19-3-4-21(35)30-20(19)9-23(38)47-30)40-32(41-31(25)43(22)12-17-5-7-39-11-17)46-15-33-6-2-8-42(33)13-18(34)10-33;/h3-4,16-18,22,39,44H,2,5-8,10-15,38H2,1H3;/q-1;/t16?,17?,18-,22?,33+;/m1./s1. The molecule has 0 amide bonds. The van der Waals surface area contributed by atoms with E-state index in [1.165, 1.54) is 12.1 Å². The number of thiophene rings is 1. The predicted molar refractivity (Wildman–Crippen MR) is 184 cm³/mol. The van der Waals surface area contributed by atoms with Gasteiger partial charge in [0.05, 0.1) is 32.5 Å². The normalized spacial score (nSPS) is 26.0. The van der Waals surface area contributed by atoms with E-state index >= 15 is 4.39 Å². The first-order valence-electron chi connectivity index (χ1n) is 16.1. The van der Waals surface area contributed by atoms with Gasteiger partial charge in [0.25, 0.3) is 0 Å². The fourth-order valence-electron chi connectivity index (χ4n) is 7.96. The maximum atomic E-state index is 17.2. The van der Waals surface area contributed by atoms with Crippen molar-refractivity contribution >= 4 is 65.7 Å². The number of halogens is 4. The van der Waals surface area contributed by atoms with Crippen LogP contribution in [0.5, 0.6) is 11.8 Å². The molecule has 0 bridgehead atoms. The number of aromatic nitrogens is 2. The van der Waals surface area contributed by atoms with Crippen LogP contribution in [0.3, 0.4) is 0 Å². The fourth-order valence-corrected chi connectivity index (χ4v) is 9.72. The Morgan fingerprint density at radius 3 is 2.94 bits per heavy atom. The first kappa shape index (κ1) is 35.1. The van der Waals surface area contributed by atoms with Gasteiger partial charge in [-0.25, -0.2) is 13.2 Å². The van der Waals surface area contributed by atoms with Gasteiger partial charge in [-0.3, -0.25) is 4.90 Å². The third kappa shape index (κ3) is 5.96. The maximum absolute atomic E-state index is 17.2. The average molecular weight is 920 g/mol. The van der Waals surface area contributed by atoms with Crippen LogP contribution in [0.15, 0.2) is 12.1 Å². The molecule has 3 unspecified atom stereocenters. The van der Waals surface area contributed by atoms with Crippen molar-refractivity contribution in [3.63, 3.8) is 0 Å². The Morgan fingerprint density at radius 2 is 2.17 bits per heavy atom. The van der Waals surface area contributed by atoms with Gasteiger partial charge in [-0.15, -0.1) is 17.7 Å². The number of fused-ring (bicyclic) bond motifs is 2. The van der Waals surface area contributed by atoms with Crippen LogP contribution in [0.4, 0.5) is 24.0 Å². The summed E-state index contributed by atoms with van der Waals surface area (Å²) in [7, 11) is 0. The van der Waals surface area contributed by atoms with Crippen molar-refractivity contribution in [3.05, 3.63) is 33.4 Å². The Morgan fingerprint density at radius 1 is 1.33 bits per heavy atom. The Hall–Kier alpha value is -1.28. The number of hydrogen-bond donors (Lipinski definition) is 3. The summed E-state index contributed by atoms with van der Waals surface area (Å²) in [4.78, 5) is 13.7. The molecule has 15 heteroatoms. The number of nitrogens with one attached hydrogen (secondary N) is 1. The molecule has 4 aliphatic heterocycles. The second kappa shape index (κ2) is 13.7. The number of ether oxygens (including phenoxy) is 2. The number of nitrogens with zero attached hydrogens (tertiary/aromatic N) is 4. The zero-order valence-electron chi connectivity index (χ0n) is 26.3. The SMILES string of the molecule is CC(O)C1COc2c(I)c(-c3ccc(F)c4sc(N)[c-]c34)c(F)c3nc(OC[C@@]45CCCN4C[C@H](F)C5)nc(c23)N1CC1CCNC1.[Ce]. The van der Waals surface area contributed by atoms with Gasteiger partial charge in [0.1, 0.15) is 42.3 Å². The van der Waals surface area contributed by atoms with E-state index in [2.05, 4.69) is 43.9 Å². The van der Waals surface area contributed by atoms with E-state index in [1.807, 2.05) is 4.90 Å². The van der Waals surface area contributed by atoms with Crippen LogP contribution in [0.2, 0.25) is 0 Å². The van der Waals surface area contributed by atoms with Crippen LogP contribution in [0, 0.1) is 68.9 Å². The van der Waals surface area contributed by atoms with Crippen LogP contribution < -0.4 is 25.4 Å². The van der Waals surface area contributed by atoms with Gasteiger partial charge >= 0.3 is 6.01 Å². The maximum Gasteiger partial charge on any atom is 0.319 e. The molecule has 2 aromatic heterocycles. The molecule has 8 rings (SSSR count). The van der Waals surface area contributed by atoms with Gasteiger partial charge in [-0.1, -0.05) is 0 Å².